The molecule has 21 heavy (non-hydrogen) atoms. The van der Waals surface area contributed by atoms with Crippen LogP contribution in [0.15, 0.2) is 0 Å². The number of carboxylic acids is 1. The summed E-state index contributed by atoms with van der Waals surface area (Å²) in [6.07, 6.45) is 5.79. The summed E-state index contributed by atoms with van der Waals surface area (Å²) in [4.78, 5) is 27.1. The van der Waals surface area contributed by atoms with Crippen molar-refractivity contribution in [1.82, 2.24) is 9.80 Å². The summed E-state index contributed by atoms with van der Waals surface area (Å²) in [6, 6.07) is -0.252. The van der Waals surface area contributed by atoms with Crippen molar-refractivity contribution in [1.29, 1.82) is 0 Å². The number of carbonyl (C=O) groups is 2. The number of hydrogen-bond donors (Lipinski definition) is 1. The van der Waals surface area contributed by atoms with Gasteiger partial charge in [-0.2, -0.15) is 0 Å². The predicted molar refractivity (Wildman–Crippen MR) is 83.3 cm³/mol. The second-order valence-electron chi connectivity index (χ2n) is 6.09. The first-order valence-corrected chi connectivity index (χ1v) is 8.26. The Labute approximate surface area is 128 Å². The number of likely N-dealkylation sites (tertiary alicyclic amines) is 1. The summed E-state index contributed by atoms with van der Waals surface area (Å²) in [5, 5.41) is 8.91. The van der Waals surface area contributed by atoms with E-state index in [2.05, 4.69) is 6.92 Å². The largest absolute Gasteiger partial charge is 0.481 e. The standard InChI is InChI=1S/C16H30N2O3/c1-4-7-14-8-6-10-17(11-9-14)16(21)18(5-2)13(3)12-15(19)20/h13-14H,4-12H2,1-3H3,(H,19,20). The van der Waals surface area contributed by atoms with Crippen molar-refractivity contribution in [2.24, 2.45) is 5.92 Å². The van der Waals surface area contributed by atoms with Gasteiger partial charge in [-0.15, -0.1) is 0 Å². The highest BCUT2D eigenvalue weighted by atomic mass is 16.4. The van der Waals surface area contributed by atoms with Gasteiger partial charge < -0.3 is 14.9 Å². The number of rotatable bonds is 6. The molecule has 2 atom stereocenters. The Morgan fingerprint density at radius 1 is 1.29 bits per heavy atom. The topological polar surface area (TPSA) is 60.9 Å². The van der Waals surface area contributed by atoms with E-state index < -0.39 is 5.97 Å². The molecule has 2 unspecified atom stereocenters. The van der Waals surface area contributed by atoms with E-state index in [1.165, 1.54) is 19.3 Å². The molecule has 0 aromatic carbocycles. The molecule has 1 saturated heterocycles. The second-order valence-corrected chi connectivity index (χ2v) is 6.09. The molecule has 0 bridgehead atoms. The summed E-state index contributed by atoms with van der Waals surface area (Å²) >= 11 is 0. The van der Waals surface area contributed by atoms with Gasteiger partial charge in [-0.1, -0.05) is 19.8 Å². The number of carbonyl (C=O) groups excluding carboxylic acids is 1. The lowest BCUT2D eigenvalue weighted by Crippen LogP contribution is -2.48. The van der Waals surface area contributed by atoms with Crippen LogP contribution in [0.25, 0.3) is 0 Å². The van der Waals surface area contributed by atoms with Gasteiger partial charge in [-0.05, 0) is 39.0 Å². The molecule has 1 N–H and O–H groups in total. The quantitative estimate of drug-likeness (QED) is 0.819. The highest BCUT2D eigenvalue weighted by Crippen LogP contribution is 2.23. The third-order valence-electron chi connectivity index (χ3n) is 4.40. The van der Waals surface area contributed by atoms with Crippen molar-refractivity contribution in [3.63, 3.8) is 0 Å². The monoisotopic (exact) mass is 298 g/mol. The zero-order chi connectivity index (χ0) is 15.8. The Morgan fingerprint density at radius 2 is 2.00 bits per heavy atom. The third-order valence-corrected chi connectivity index (χ3v) is 4.40. The van der Waals surface area contributed by atoms with E-state index in [-0.39, 0.29) is 18.5 Å². The molecule has 2 amide bonds. The highest BCUT2D eigenvalue weighted by molar-refractivity contribution is 5.76. The molecule has 0 aromatic rings. The van der Waals surface area contributed by atoms with Crippen molar-refractivity contribution in [2.45, 2.75) is 65.3 Å². The van der Waals surface area contributed by atoms with E-state index in [1.807, 2.05) is 18.7 Å². The summed E-state index contributed by atoms with van der Waals surface area (Å²) in [5.41, 5.74) is 0. The summed E-state index contributed by atoms with van der Waals surface area (Å²) in [6.45, 7) is 8.10. The molecule has 1 aliphatic rings. The maximum Gasteiger partial charge on any atom is 0.320 e. The number of aliphatic carboxylic acids is 1. The van der Waals surface area contributed by atoms with Crippen LogP contribution in [0.5, 0.6) is 0 Å². The van der Waals surface area contributed by atoms with Crippen molar-refractivity contribution in [2.75, 3.05) is 19.6 Å². The first kappa shape index (κ1) is 17.8. The third kappa shape index (κ3) is 5.56. The SMILES string of the molecule is CCCC1CCCN(C(=O)N(CC)C(C)CC(=O)O)CC1. The van der Waals surface area contributed by atoms with Gasteiger partial charge in [0.15, 0.2) is 0 Å². The summed E-state index contributed by atoms with van der Waals surface area (Å²) < 4.78 is 0. The summed E-state index contributed by atoms with van der Waals surface area (Å²) in [7, 11) is 0. The fourth-order valence-corrected chi connectivity index (χ4v) is 3.23. The summed E-state index contributed by atoms with van der Waals surface area (Å²) in [5.74, 6) is -0.119. The fourth-order valence-electron chi connectivity index (χ4n) is 3.23. The molecule has 1 aliphatic heterocycles. The molecule has 1 fully saturated rings. The minimum absolute atomic E-state index is 0.00315. The van der Waals surface area contributed by atoms with E-state index in [4.69, 9.17) is 5.11 Å². The van der Waals surface area contributed by atoms with Gasteiger partial charge in [-0.25, -0.2) is 4.79 Å². The minimum atomic E-state index is -0.854. The van der Waals surface area contributed by atoms with Crippen LogP contribution in [0, 0.1) is 5.92 Å². The zero-order valence-electron chi connectivity index (χ0n) is 13.7. The Hall–Kier alpha value is -1.26. The Kier molecular flexibility index (Phi) is 7.54. The second kappa shape index (κ2) is 8.90. The Balaban J connectivity index is 2.61. The molecule has 0 aromatic heterocycles. The highest BCUT2D eigenvalue weighted by Gasteiger charge is 2.27. The normalized spacial score (nSPS) is 20.7. The average molecular weight is 298 g/mol. The van der Waals surface area contributed by atoms with Gasteiger partial charge in [0.2, 0.25) is 0 Å². The molecule has 0 aliphatic carbocycles. The maximum absolute atomic E-state index is 12.6. The van der Waals surface area contributed by atoms with Crippen LogP contribution < -0.4 is 0 Å². The zero-order valence-corrected chi connectivity index (χ0v) is 13.7. The Bertz CT molecular complexity index is 346. The number of urea groups is 1. The van der Waals surface area contributed by atoms with Gasteiger partial charge in [-0.3, -0.25) is 4.79 Å². The van der Waals surface area contributed by atoms with Crippen LogP contribution in [0.1, 0.15) is 59.3 Å². The molecular formula is C16H30N2O3. The number of nitrogens with zero attached hydrogens (tertiary/aromatic N) is 2. The molecule has 0 radical (unpaired) electrons. The van der Waals surface area contributed by atoms with Gasteiger partial charge in [0, 0.05) is 25.7 Å². The first-order valence-electron chi connectivity index (χ1n) is 8.26. The van der Waals surface area contributed by atoms with Crippen LogP contribution in [-0.4, -0.2) is 52.6 Å². The maximum atomic E-state index is 12.6. The van der Waals surface area contributed by atoms with Crippen molar-refractivity contribution >= 4 is 12.0 Å². The number of carboxylic acid groups (broad SMARTS) is 1. The van der Waals surface area contributed by atoms with Crippen LogP contribution in [-0.2, 0) is 4.79 Å². The molecule has 0 saturated carbocycles. The van der Waals surface area contributed by atoms with E-state index in [0.717, 1.165) is 31.8 Å². The van der Waals surface area contributed by atoms with E-state index in [9.17, 15) is 9.59 Å². The van der Waals surface area contributed by atoms with Crippen molar-refractivity contribution < 1.29 is 14.7 Å². The van der Waals surface area contributed by atoms with Crippen LogP contribution in [0.2, 0.25) is 0 Å². The lowest BCUT2D eigenvalue weighted by Gasteiger charge is -2.33. The Morgan fingerprint density at radius 3 is 2.57 bits per heavy atom. The minimum Gasteiger partial charge on any atom is -0.481 e. The van der Waals surface area contributed by atoms with E-state index in [0.29, 0.717) is 6.54 Å². The van der Waals surface area contributed by atoms with Gasteiger partial charge in [0.25, 0.3) is 0 Å². The molecule has 0 spiro atoms. The van der Waals surface area contributed by atoms with Crippen LogP contribution >= 0.6 is 0 Å². The lowest BCUT2D eigenvalue weighted by atomic mass is 9.96. The first-order chi connectivity index (χ1) is 9.99. The number of hydrogen-bond acceptors (Lipinski definition) is 2. The van der Waals surface area contributed by atoms with Crippen LogP contribution in [0.3, 0.4) is 0 Å². The smallest absolute Gasteiger partial charge is 0.320 e. The van der Waals surface area contributed by atoms with Gasteiger partial charge in [0.1, 0.15) is 0 Å². The van der Waals surface area contributed by atoms with Crippen molar-refractivity contribution in [3.8, 4) is 0 Å². The number of amides is 2. The van der Waals surface area contributed by atoms with E-state index >= 15 is 0 Å². The van der Waals surface area contributed by atoms with Gasteiger partial charge >= 0.3 is 12.0 Å². The van der Waals surface area contributed by atoms with E-state index in [1.54, 1.807) is 4.90 Å². The predicted octanol–water partition coefficient (Wildman–Crippen LogP) is 3.19. The molecule has 5 heteroatoms. The lowest BCUT2D eigenvalue weighted by molar-refractivity contribution is -0.138. The average Bonchev–Trinajstić information content (AvgIpc) is 2.64. The molecule has 122 valence electrons. The fraction of sp³-hybridized carbons (Fsp3) is 0.875. The van der Waals surface area contributed by atoms with Gasteiger partial charge in [0.05, 0.1) is 6.42 Å². The molecule has 1 heterocycles. The van der Waals surface area contributed by atoms with Crippen LogP contribution in [0.4, 0.5) is 4.79 Å². The molecule has 5 nitrogen and oxygen atoms in total. The molecule has 1 rings (SSSR count). The van der Waals surface area contributed by atoms with Crippen molar-refractivity contribution in [3.05, 3.63) is 0 Å². The molecular weight excluding hydrogens is 268 g/mol.